The largest absolute Gasteiger partial charge is 0.353 e. The number of rotatable bonds is 7. The van der Waals surface area contributed by atoms with Crippen LogP contribution in [0.5, 0.6) is 0 Å². The third-order valence-corrected chi connectivity index (χ3v) is 11.8. The summed E-state index contributed by atoms with van der Waals surface area (Å²) in [7, 11) is -0.889. The lowest BCUT2D eigenvalue weighted by molar-refractivity contribution is 0.178. The van der Waals surface area contributed by atoms with Crippen LogP contribution >= 0.6 is 0 Å². The van der Waals surface area contributed by atoms with E-state index in [4.69, 9.17) is 4.98 Å². The first kappa shape index (κ1) is 26.5. The van der Waals surface area contributed by atoms with Crippen molar-refractivity contribution < 1.29 is 8.42 Å². The van der Waals surface area contributed by atoms with Crippen LogP contribution in [0.1, 0.15) is 86.6 Å². The summed E-state index contributed by atoms with van der Waals surface area (Å²) in [6.45, 7) is 9.53. The van der Waals surface area contributed by atoms with Gasteiger partial charge in [-0.2, -0.15) is 5.10 Å². The molecule has 2 aliphatic carbocycles. The highest BCUT2D eigenvalue weighted by Gasteiger charge is 2.53. The highest BCUT2D eigenvalue weighted by molar-refractivity contribution is 7.92. The van der Waals surface area contributed by atoms with Crippen LogP contribution in [0.4, 0.5) is 0 Å². The van der Waals surface area contributed by atoms with E-state index in [-0.39, 0.29) is 0 Å². The van der Waals surface area contributed by atoms with Crippen LogP contribution in [-0.4, -0.2) is 63.5 Å². The molecule has 2 saturated carbocycles. The molecule has 8 heteroatoms. The number of nitrogens with zero attached hydrogens (tertiary/aromatic N) is 4. The maximum Gasteiger partial charge on any atom is 0.154 e. The molecule has 4 aromatic heterocycles. The van der Waals surface area contributed by atoms with Gasteiger partial charge in [0.15, 0.2) is 9.84 Å². The van der Waals surface area contributed by atoms with Gasteiger partial charge in [0.05, 0.1) is 27.0 Å². The summed E-state index contributed by atoms with van der Waals surface area (Å²) in [5.41, 5.74) is 10.6. The van der Waals surface area contributed by atoms with Gasteiger partial charge in [-0.3, -0.25) is 4.98 Å². The van der Waals surface area contributed by atoms with Gasteiger partial charge < -0.3 is 9.88 Å². The number of hydrogen-bond acceptors (Lipinski definition) is 5. The lowest BCUT2D eigenvalue weighted by Crippen LogP contribution is -2.43. The van der Waals surface area contributed by atoms with Crippen molar-refractivity contribution in [2.24, 2.45) is 0 Å². The van der Waals surface area contributed by atoms with Crippen molar-refractivity contribution in [3.63, 3.8) is 0 Å². The molecule has 1 N–H and O–H groups in total. The SMILES string of the molecule is Cc1c(-c2[nH]c3ccc(C4CCC(N(C)CC5(S(C)(=O)=O)CC5)CC4)nc3c2C(C)C)cn2nccc2c1C. The molecule has 7 nitrogen and oxygen atoms in total. The summed E-state index contributed by atoms with van der Waals surface area (Å²) in [5.74, 6) is 0.755. The van der Waals surface area contributed by atoms with Crippen LogP contribution in [-0.2, 0) is 9.84 Å². The van der Waals surface area contributed by atoms with Gasteiger partial charge in [0.25, 0.3) is 0 Å². The summed E-state index contributed by atoms with van der Waals surface area (Å²) >= 11 is 0. The Morgan fingerprint density at radius 2 is 1.82 bits per heavy atom. The maximum absolute atomic E-state index is 12.3. The molecule has 2 fully saturated rings. The van der Waals surface area contributed by atoms with Crippen LogP contribution in [0.25, 0.3) is 27.8 Å². The molecule has 0 aliphatic heterocycles. The minimum atomic E-state index is -3.00. The fourth-order valence-corrected chi connectivity index (χ4v) is 8.15. The Labute approximate surface area is 231 Å². The quantitative estimate of drug-likeness (QED) is 0.300. The number of H-pyrrole nitrogens is 1. The normalized spacial score (nSPS) is 21.4. The molecule has 2 aliphatic rings. The first-order valence-electron chi connectivity index (χ1n) is 14.4. The summed E-state index contributed by atoms with van der Waals surface area (Å²) in [4.78, 5) is 11.3. The molecule has 4 aromatic rings. The van der Waals surface area contributed by atoms with Crippen molar-refractivity contribution in [1.82, 2.24) is 24.5 Å². The highest BCUT2D eigenvalue weighted by atomic mass is 32.2. The molecule has 0 atom stereocenters. The molecule has 0 aromatic carbocycles. The number of pyridine rings is 2. The van der Waals surface area contributed by atoms with E-state index in [0.29, 0.717) is 24.4 Å². The molecule has 0 radical (unpaired) electrons. The number of aryl methyl sites for hydroxylation is 1. The monoisotopic (exact) mass is 547 g/mol. The summed E-state index contributed by atoms with van der Waals surface area (Å²) in [6, 6.07) is 6.93. The van der Waals surface area contributed by atoms with Crippen molar-refractivity contribution in [2.45, 2.75) is 88.8 Å². The van der Waals surface area contributed by atoms with Crippen molar-refractivity contribution in [3.05, 3.63) is 53.0 Å². The Balaban J connectivity index is 1.26. The summed E-state index contributed by atoms with van der Waals surface area (Å²) in [5, 5.41) is 4.52. The van der Waals surface area contributed by atoms with Gasteiger partial charge in [0, 0.05) is 54.0 Å². The van der Waals surface area contributed by atoms with Crippen molar-refractivity contribution in [3.8, 4) is 11.3 Å². The van der Waals surface area contributed by atoms with Gasteiger partial charge in [0.2, 0.25) is 0 Å². The fraction of sp³-hybridized carbons (Fsp3) is 0.548. The van der Waals surface area contributed by atoms with Gasteiger partial charge in [-0.15, -0.1) is 0 Å². The Morgan fingerprint density at radius 1 is 1.10 bits per heavy atom. The van der Waals surface area contributed by atoms with E-state index in [0.717, 1.165) is 60.8 Å². The second-order valence-electron chi connectivity index (χ2n) is 12.5. The Hall–Kier alpha value is -2.71. The van der Waals surface area contributed by atoms with Crippen LogP contribution in [0.3, 0.4) is 0 Å². The third-order valence-electron chi connectivity index (χ3n) is 9.69. The predicted octanol–water partition coefficient (Wildman–Crippen LogP) is 6.15. The average molecular weight is 548 g/mol. The molecular weight excluding hydrogens is 506 g/mol. The van der Waals surface area contributed by atoms with Gasteiger partial charge in [-0.1, -0.05) is 13.8 Å². The van der Waals surface area contributed by atoms with Gasteiger partial charge in [-0.25, -0.2) is 12.9 Å². The molecule has 0 saturated heterocycles. The van der Waals surface area contributed by atoms with Crippen molar-refractivity contribution in [1.29, 1.82) is 0 Å². The molecule has 208 valence electrons. The minimum Gasteiger partial charge on any atom is -0.353 e. The number of aromatic nitrogens is 4. The van der Waals surface area contributed by atoms with Crippen molar-refractivity contribution in [2.75, 3.05) is 19.8 Å². The van der Waals surface area contributed by atoms with E-state index >= 15 is 0 Å². The molecule has 0 amide bonds. The number of fused-ring (bicyclic) bond motifs is 2. The zero-order valence-corrected chi connectivity index (χ0v) is 24.9. The topological polar surface area (TPSA) is 83.4 Å². The Bertz CT molecular complexity index is 1650. The van der Waals surface area contributed by atoms with Crippen molar-refractivity contribution >= 4 is 26.4 Å². The lowest BCUT2D eigenvalue weighted by atomic mass is 9.83. The van der Waals surface area contributed by atoms with Crippen LogP contribution in [0.2, 0.25) is 0 Å². The van der Waals surface area contributed by atoms with Gasteiger partial charge in [-0.05, 0) is 94.7 Å². The zero-order chi connectivity index (χ0) is 27.7. The van der Waals surface area contributed by atoms with E-state index in [9.17, 15) is 8.42 Å². The zero-order valence-electron chi connectivity index (χ0n) is 24.1. The minimum absolute atomic E-state index is 0.318. The first-order chi connectivity index (χ1) is 18.5. The fourth-order valence-electron chi connectivity index (χ4n) is 6.86. The van der Waals surface area contributed by atoms with Crippen LogP contribution in [0.15, 0.2) is 30.6 Å². The smallest absolute Gasteiger partial charge is 0.154 e. The highest BCUT2D eigenvalue weighted by Crippen LogP contribution is 2.45. The van der Waals surface area contributed by atoms with Gasteiger partial charge in [0.1, 0.15) is 0 Å². The second-order valence-corrected chi connectivity index (χ2v) is 14.9. The third kappa shape index (κ3) is 4.49. The predicted molar refractivity (Wildman–Crippen MR) is 158 cm³/mol. The number of nitrogens with one attached hydrogen (secondary N) is 1. The second kappa shape index (κ2) is 9.44. The molecular formula is C31H41N5O2S. The molecule has 0 bridgehead atoms. The van der Waals surface area contributed by atoms with Gasteiger partial charge >= 0.3 is 0 Å². The van der Waals surface area contributed by atoms with Crippen LogP contribution < -0.4 is 0 Å². The summed E-state index contributed by atoms with van der Waals surface area (Å²) < 4.78 is 26.0. The molecule has 0 unspecified atom stereocenters. The Kier molecular flexibility index (Phi) is 6.42. The van der Waals surface area contributed by atoms with E-state index in [1.165, 1.54) is 34.2 Å². The van der Waals surface area contributed by atoms with E-state index in [2.05, 4.69) is 74.1 Å². The van der Waals surface area contributed by atoms with E-state index in [1.54, 1.807) is 0 Å². The van der Waals surface area contributed by atoms with E-state index < -0.39 is 14.6 Å². The Morgan fingerprint density at radius 3 is 2.46 bits per heavy atom. The molecule has 39 heavy (non-hydrogen) atoms. The molecule has 0 spiro atoms. The van der Waals surface area contributed by atoms with Crippen LogP contribution in [0, 0.1) is 13.8 Å². The summed E-state index contributed by atoms with van der Waals surface area (Å²) in [6.07, 6.45) is 11.4. The molecule has 6 rings (SSSR count). The lowest BCUT2D eigenvalue weighted by Gasteiger charge is -2.36. The standard InChI is InChI=1S/C31H41N5O2S/c1-19(2)28-29(24-17-36-27(13-16-32-36)21(4)20(24)3)34-26-12-11-25(33-30(26)28)22-7-9-23(10-8-22)35(5)18-31(14-15-31)39(6,37)38/h11-13,16-17,19,22-23,34H,7-10,14-15,18H2,1-6H3. The maximum atomic E-state index is 12.3. The number of sulfone groups is 1. The number of aromatic amines is 1. The number of hydrogen-bond donors (Lipinski definition) is 1. The first-order valence-corrected chi connectivity index (χ1v) is 16.2. The molecule has 4 heterocycles. The van der Waals surface area contributed by atoms with E-state index in [1.807, 2.05) is 10.7 Å². The average Bonchev–Trinajstić information content (AvgIpc) is 3.37.